The van der Waals surface area contributed by atoms with E-state index in [9.17, 15) is 9.90 Å². The minimum absolute atomic E-state index is 0.0297. The van der Waals surface area contributed by atoms with Crippen molar-refractivity contribution in [3.8, 4) is 17.2 Å². The van der Waals surface area contributed by atoms with Gasteiger partial charge in [0.15, 0.2) is 0 Å². The molecule has 3 aromatic rings. The zero-order chi connectivity index (χ0) is 25.4. The number of ether oxygens (including phenoxy) is 2. The van der Waals surface area contributed by atoms with Crippen molar-refractivity contribution in [1.29, 1.82) is 0 Å². The van der Waals surface area contributed by atoms with Crippen molar-refractivity contribution in [3.05, 3.63) is 87.9 Å². The van der Waals surface area contributed by atoms with Crippen molar-refractivity contribution >= 4 is 17.5 Å². The van der Waals surface area contributed by atoms with E-state index >= 15 is 0 Å². The van der Waals surface area contributed by atoms with E-state index in [-0.39, 0.29) is 29.7 Å². The Balaban J connectivity index is 1.50. The largest absolute Gasteiger partial charge is 0.508 e. The summed E-state index contributed by atoms with van der Waals surface area (Å²) in [5.74, 6) is 1.59. The van der Waals surface area contributed by atoms with E-state index in [4.69, 9.17) is 21.1 Å². The predicted molar refractivity (Wildman–Crippen MR) is 138 cm³/mol. The Morgan fingerprint density at radius 3 is 2.19 bits per heavy atom. The highest BCUT2D eigenvalue weighted by atomic mass is 35.5. The number of fused-ring (bicyclic) bond motifs is 1. The van der Waals surface area contributed by atoms with Gasteiger partial charge in [-0.1, -0.05) is 35.9 Å². The summed E-state index contributed by atoms with van der Waals surface area (Å²) in [4.78, 5) is 15.6. The molecule has 4 unspecified atom stereocenters. The summed E-state index contributed by atoms with van der Waals surface area (Å²) in [6.07, 6.45) is 0.710. The number of nitrogens with one attached hydrogen (secondary N) is 2. The molecule has 5 rings (SSSR count). The molecular formula is C28H30ClN3O4. The number of nitrogens with zero attached hydrogens (tertiary/aromatic N) is 1. The van der Waals surface area contributed by atoms with Gasteiger partial charge in [-0.05, 0) is 66.4 Å². The molecule has 4 atom stereocenters. The van der Waals surface area contributed by atoms with E-state index < -0.39 is 6.04 Å². The first-order chi connectivity index (χ1) is 17.4. The fourth-order valence-electron chi connectivity index (χ4n) is 5.39. The van der Waals surface area contributed by atoms with Gasteiger partial charge < -0.3 is 19.5 Å². The molecule has 7 nitrogen and oxygen atoms in total. The van der Waals surface area contributed by atoms with Gasteiger partial charge in [0.2, 0.25) is 5.91 Å². The maximum atomic E-state index is 13.7. The van der Waals surface area contributed by atoms with E-state index in [0.29, 0.717) is 23.6 Å². The third-order valence-corrected chi connectivity index (χ3v) is 7.72. The van der Waals surface area contributed by atoms with Crippen LogP contribution in [0.15, 0.2) is 60.7 Å². The third kappa shape index (κ3) is 4.39. The number of methoxy groups -OCH3 is 2. The Bertz CT molecular complexity index is 1250. The summed E-state index contributed by atoms with van der Waals surface area (Å²) in [5.41, 5.74) is 10.1. The first-order valence-electron chi connectivity index (χ1n) is 12.0. The predicted octanol–water partition coefficient (Wildman–Crippen LogP) is 4.33. The number of hydrogen-bond acceptors (Lipinski definition) is 6. The van der Waals surface area contributed by atoms with Crippen LogP contribution in [0, 0.1) is 12.8 Å². The van der Waals surface area contributed by atoms with E-state index in [2.05, 4.69) is 10.9 Å². The summed E-state index contributed by atoms with van der Waals surface area (Å²) < 4.78 is 10.6. The molecule has 0 bridgehead atoms. The SMILES string of the molecule is COc1ccc(CCN2C(=O)C3NNC(c4cc(Cl)c(C)cc4O)C3C2c2ccc(OC)cc2)cc1. The molecule has 2 fully saturated rings. The quantitative estimate of drug-likeness (QED) is 0.441. The number of phenols is 1. The average molecular weight is 508 g/mol. The van der Waals surface area contributed by atoms with Crippen molar-refractivity contribution in [1.82, 2.24) is 15.8 Å². The second kappa shape index (κ2) is 10.0. The zero-order valence-corrected chi connectivity index (χ0v) is 21.3. The van der Waals surface area contributed by atoms with Gasteiger partial charge in [-0.3, -0.25) is 4.79 Å². The lowest BCUT2D eigenvalue weighted by molar-refractivity contribution is -0.130. The van der Waals surface area contributed by atoms with Gasteiger partial charge in [0.25, 0.3) is 0 Å². The molecule has 2 heterocycles. The highest BCUT2D eigenvalue weighted by Gasteiger charge is 2.55. The molecule has 3 aromatic carbocycles. The number of likely N-dealkylation sites (tertiary alicyclic amines) is 1. The Morgan fingerprint density at radius 1 is 0.944 bits per heavy atom. The summed E-state index contributed by atoms with van der Waals surface area (Å²) in [6, 6.07) is 18.3. The first kappa shape index (κ1) is 24.4. The van der Waals surface area contributed by atoms with Gasteiger partial charge in [0, 0.05) is 23.0 Å². The number of phenolic OH excluding ortho intramolecular Hbond substituents is 1. The number of amides is 1. The van der Waals surface area contributed by atoms with E-state index in [1.165, 1.54) is 0 Å². The summed E-state index contributed by atoms with van der Waals surface area (Å²) >= 11 is 6.43. The number of hydrogen-bond donors (Lipinski definition) is 3. The van der Waals surface area contributed by atoms with Gasteiger partial charge in [-0.25, -0.2) is 10.9 Å². The van der Waals surface area contributed by atoms with Crippen LogP contribution in [0.2, 0.25) is 5.02 Å². The Kier molecular flexibility index (Phi) is 6.79. The lowest BCUT2D eigenvalue weighted by Crippen LogP contribution is -2.42. The molecule has 0 spiro atoms. The van der Waals surface area contributed by atoms with Crippen LogP contribution in [0.4, 0.5) is 0 Å². The molecule has 188 valence electrons. The molecular weight excluding hydrogens is 478 g/mol. The van der Waals surface area contributed by atoms with E-state index in [1.54, 1.807) is 26.4 Å². The van der Waals surface area contributed by atoms with E-state index in [0.717, 1.165) is 28.2 Å². The summed E-state index contributed by atoms with van der Waals surface area (Å²) in [5, 5.41) is 11.4. The molecule has 2 saturated heterocycles. The van der Waals surface area contributed by atoms with Crippen molar-refractivity contribution in [2.24, 2.45) is 5.92 Å². The number of benzene rings is 3. The zero-order valence-electron chi connectivity index (χ0n) is 20.5. The maximum Gasteiger partial charge on any atom is 0.242 e. The lowest BCUT2D eigenvalue weighted by Gasteiger charge is -2.31. The normalized spacial score (nSPS) is 23.1. The van der Waals surface area contributed by atoms with Crippen LogP contribution in [0.5, 0.6) is 17.2 Å². The number of aromatic hydroxyl groups is 1. The third-order valence-electron chi connectivity index (χ3n) is 7.31. The fourth-order valence-corrected chi connectivity index (χ4v) is 5.56. The van der Waals surface area contributed by atoms with Crippen molar-refractivity contribution in [2.75, 3.05) is 20.8 Å². The number of carbonyl (C=O) groups excluding carboxylic acids is 1. The minimum atomic E-state index is -0.433. The average Bonchev–Trinajstić information content (AvgIpc) is 3.44. The molecule has 2 aliphatic heterocycles. The van der Waals surface area contributed by atoms with Crippen LogP contribution in [-0.2, 0) is 11.2 Å². The minimum Gasteiger partial charge on any atom is -0.508 e. The highest BCUT2D eigenvalue weighted by Crippen LogP contribution is 2.49. The maximum absolute atomic E-state index is 13.7. The molecule has 3 N–H and O–H groups in total. The number of rotatable bonds is 7. The van der Waals surface area contributed by atoms with E-state index in [1.807, 2.05) is 60.4 Å². The smallest absolute Gasteiger partial charge is 0.242 e. The molecule has 0 aromatic heterocycles. The Morgan fingerprint density at radius 2 is 1.56 bits per heavy atom. The van der Waals surface area contributed by atoms with Crippen molar-refractivity contribution in [2.45, 2.75) is 31.5 Å². The molecule has 0 saturated carbocycles. The number of hydrazine groups is 1. The van der Waals surface area contributed by atoms with Gasteiger partial charge in [-0.15, -0.1) is 0 Å². The molecule has 0 aliphatic carbocycles. The van der Waals surface area contributed by atoms with Crippen LogP contribution >= 0.6 is 11.6 Å². The Labute approximate surface area is 215 Å². The second-order valence-corrected chi connectivity index (χ2v) is 9.74. The van der Waals surface area contributed by atoms with Gasteiger partial charge >= 0.3 is 0 Å². The van der Waals surface area contributed by atoms with Gasteiger partial charge in [0.1, 0.15) is 23.3 Å². The summed E-state index contributed by atoms with van der Waals surface area (Å²) in [7, 11) is 3.28. The first-order valence-corrected chi connectivity index (χ1v) is 12.4. The number of carbonyl (C=O) groups is 1. The monoisotopic (exact) mass is 507 g/mol. The lowest BCUT2D eigenvalue weighted by atomic mass is 9.83. The van der Waals surface area contributed by atoms with Gasteiger partial charge in [0.05, 0.1) is 26.3 Å². The van der Waals surface area contributed by atoms with Crippen LogP contribution in [0.25, 0.3) is 0 Å². The standard InChI is InChI=1S/C28H30ClN3O4/c1-16-14-23(33)21(15-22(16)29)25-24-26(31-30-25)28(34)32(13-12-17-4-8-19(35-2)9-5-17)27(24)18-6-10-20(36-3)11-7-18/h4-11,14-15,24-27,30-31,33H,12-13H2,1-3H3. The van der Waals surface area contributed by atoms with Crippen molar-refractivity contribution < 1.29 is 19.4 Å². The van der Waals surface area contributed by atoms with Crippen LogP contribution in [0.1, 0.15) is 34.3 Å². The highest BCUT2D eigenvalue weighted by molar-refractivity contribution is 6.31. The molecule has 36 heavy (non-hydrogen) atoms. The number of aryl methyl sites for hydroxylation is 1. The molecule has 8 heteroatoms. The molecule has 2 aliphatic rings. The molecule has 1 amide bonds. The van der Waals surface area contributed by atoms with Crippen LogP contribution < -0.4 is 20.3 Å². The van der Waals surface area contributed by atoms with Crippen molar-refractivity contribution in [3.63, 3.8) is 0 Å². The van der Waals surface area contributed by atoms with Crippen LogP contribution in [0.3, 0.4) is 0 Å². The topological polar surface area (TPSA) is 83.1 Å². The second-order valence-electron chi connectivity index (χ2n) is 9.33. The fraction of sp³-hybridized carbons (Fsp3) is 0.321. The number of halogens is 1. The van der Waals surface area contributed by atoms with Crippen LogP contribution in [-0.4, -0.2) is 42.7 Å². The van der Waals surface area contributed by atoms with Gasteiger partial charge in [-0.2, -0.15) is 0 Å². The molecule has 0 radical (unpaired) electrons. The summed E-state index contributed by atoms with van der Waals surface area (Å²) in [6.45, 7) is 2.42. The Hall–Kier alpha value is -3.26.